The molecular weight excluding hydrogens is 422 g/mol. The second-order valence-corrected chi connectivity index (χ2v) is 9.57. The molecule has 132 valence electrons. The molecule has 0 unspecified atom stereocenters. The Labute approximate surface area is 161 Å². The number of hydrogen-bond donors (Lipinski definition) is 1. The molecule has 2 aromatic rings. The van der Waals surface area contributed by atoms with Gasteiger partial charge in [-0.2, -0.15) is 0 Å². The molecule has 0 saturated heterocycles. The lowest BCUT2D eigenvalue weighted by atomic mass is 10.00. The molecule has 3 rings (SSSR count). The molecule has 1 aliphatic carbocycles. The summed E-state index contributed by atoms with van der Waals surface area (Å²) in [6.45, 7) is 0.166. The molecule has 1 aliphatic rings. The maximum atomic E-state index is 13.3. The van der Waals surface area contributed by atoms with E-state index in [-0.39, 0.29) is 22.4 Å². The van der Waals surface area contributed by atoms with Crippen molar-refractivity contribution in [3.05, 3.63) is 64.6 Å². The molecule has 3 atom stereocenters. The normalized spacial score (nSPS) is 25.5. The molecule has 0 bridgehead atoms. The fraction of sp³-hybridized carbons (Fsp3) is 0.278. The van der Waals surface area contributed by atoms with E-state index in [9.17, 15) is 8.42 Å². The molecule has 0 aromatic heterocycles. The fourth-order valence-electron chi connectivity index (χ4n) is 3.54. The zero-order valence-corrected chi connectivity index (χ0v) is 16.8. The maximum absolute atomic E-state index is 13.3. The minimum atomic E-state index is -3.61. The zero-order valence-electron chi connectivity index (χ0n) is 13.6. The highest BCUT2D eigenvalue weighted by atomic mass is 79.9. The van der Waals surface area contributed by atoms with Crippen LogP contribution < -0.4 is 5.73 Å². The lowest BCUT2D eigenvalue weighted by Gasteiger charge is -2.16. The quantitative estimate of drug-likeness (QED) is 0.699. The van der Waals surface area contributed by atoms with Crippen LogP contribution in [-0.4, -0.2) is 32.4 Å². The van der Waals surface area contributed by atoms with Crippen LogP contribution in [0.2, 0.25) is 0 Å². The Morgan fingerprint density at radius 2 is 1.80 bits per heavy atom. The Morgan fingerprint density at radius 1 is 1.20 bits per heavy atom. The van der Waals surface area contributed by atoms with E-state index in [4.69, 9.17) is 22.7 Å². The molecule has 0 amide bonds. The first kappa shape index (κ1) is 18.5. The highest BCUT2D eigenvalue weighted by Gasteiger charge is 2.73. The highest BCUT2D eigenvalue weighted by molar-refractivity contribution is 9.10. The van der Waals surface area contributed by atoms with Gasteiger partial charge in [0.15, 0.2) is 9.84 Å². The Balaban J connectivity index is 2.12. The standard InChI is InChI=1S/C18H18BrNO3S2/c1-23-11-18(17(20)24)15(12-7-9-13(19)10-8-12)16(18)25(21,22)14-5-3-2-4-6-14/h2-10,15-16H,11H2,1H3,(H2,20,24)/t15-,16-,18+/m0/s1. The van der Waals surface area contributed by atoms with Gasteiger partial charge in [0, 0.05) is 17.5 Å². The third-order valence-corrected chi connectivity index (χ3v) is 7.93. The summed E-state index contributed by atoms with van der Waals surface area (Å²) in [4.78, 5) is 0.447. The molecule has 0 aliphatic heterocycles. The van der Waals surface area contributed by atoms with Gasteiger partial charge in [-0.05, 0) is 29.8 Å². The molecule has 0 radical (unpaired) electrons. The van der Waals surface area contributed by atoms with Crippen LogP contribution in [-0.2, 0) is 14.6 Å². The average molecular weight is 440 g/mol. The SMILES string of the molecule is COC[C@@]1(C(N)=S)[C@@H](c2ccc(Br)cc2)[C@@H]1S(=O)(=O)c1ccccc1. The molecule has 1 saturated carbocycles. The molecular formula is C18H18BrNO3S2. The summed E-state index contributed by atoms with van der Waals surface area (Å²) in [6.07, 6.45) is 0. The largest absolute Gasteiger partial charge is 0.393 e. The van der Waals surface area contributed by atoms with Gasteiger partial charge in [-0.1, -0.05) is 58.5 Å². The zero-order chi connectivity index (χ0) is 18.2. The Bertz CT molecular complexity index is 884. The highest BCUT2D eigenvalue weighted by Crippen LogP contribution is 2.64. The number of thiocarbonyl (C=S) groups is 1. The van der Waals surface area contributed by atoms with Gasteiger partial charge in [-0.25, -0.2) is 8.42 Å². The minimum absolute atomic E-state index is 0.166. The second-order valence-electron chi connectivity index (χ2n) is 6.15. The van der Waals surface area contributed by atoms with Gasteiger partial charge >= 0.3 is 0 Å². The van der Waals surface area contributed by atoms with E-state index in [1.165, 1.54) is 7.11 Å². The van der Waals surface area contributed by atoms with Crippen LogP contribution in [0.1, 0.15) is 11.5 Å². The predicted octanol–water partition coefficient (Wildman–Crippen LogP) is 3.31. The first-order chi connectivity index (χ1) is 11.9. The summed E-state index contributed by atoms with van der Waals surface area (Å²) in [6, 6.07) is 16.0. The summed E-state index contributed by atoms with van der Waals surface area (Å²) < 4.78 is 32.8. The molecule has 0 heterocycles. The van der Waals surface area contributed by atoms with Gasteiger partial charge in [-0.3, -0.25) is 0 Å². The van der Waals surface area contributed by atoms with E-state index < -0.39 is 20.5 Å². The Hall–Kier alpha value is -1.28. The van der Waals surface area contributed by atoms with E-state index >= 15 is 0 Å². The molecule has 4 nitrogen and oxygen atoms in total. The lowest BCUT2D eigenvalue weighted by Crippen LogP contribution is -2.33. The fourth-order valence-corrected chi connectivity index (χ4v) is 6.59. The number of ether oxygens (including phenoxy) is 1. The summed E-state index contributed by atoms with van der Waals surface area (Å²) >= 11 is 8.68. The van der Waals surface area contributed by atoms with Crippen molar-refractivity contribution in [2.75, 3.05) is 13.7 Å². The van der Waals surface area contributed by atoms with E-state index in [2.05, 4.69) is 15.9 Å². The van der Waals surface area contributed by atoms with Crippen molar-refractivity contribution < 1.29 is 13.2 Å². The first-order valence-corrected chi connectivity index (χ1v) is 10.4. The summed E-state index contributed by atoms with van der Waals surface area (Å²) in [5.41, 5.74) is 6.01. The van der Waals surface area contributed by atoms with Gasteiger partial charge in [0.25, 0.3) is 0 Å². The van der Waals surface area contributed by atoms with Crippen molar-refractivity contribution in [1.82, 2.24) is 0 Å². The van der Waals surface area contributed by atoms with Crippen molar-refractivity contribution in [2.24, 2.45) is 11.1 Å². The van der Waals surface area contributed by atoms with E-state index in [1.807, 2.05) is 24.3 Å². The average Bonchev–Trinajstić information content (AvgIpc) is 3.28. The predicted molar refractivity (Wildman–Crippen MR) is 105 cm³/mol. The number of halogens is 1. The Kier molecular flexibility index (Phi) is 5.03. The van der Waals surface area contributed by atoms with Crippen LogP contribution in [0.15, 0.2) is 64.0 Å². The van der Waals surface area contributed by atoms with Gasteiger partial charge in [0.1, 0.15) is 0 Å². The third-order valence-electron chi connectivity index (χ3n) is 4.73. The summed E-state index contributed by atoms with van der Waals surface area (Å²) in [5, 5.41) is -0.735. The van der Waals surface area contributed by atoms with Crippen molar-refractivity contribution >= 4 is 43.0 Å². The number of rotatable bonds is 6. The molecule has 7 heteroatoms. The van der Waals surface area contributed by atoms with E-state index in [0.29, 0.717) is 0 Å². The number of sulfone groups is 1. The van der Waals surface area contributed by atoms with Crippen LogP contribution in [0.3, 0.4) is 0 Å². The number of hydrogen-bond acceptors (Lipinski definition) is 4. The van der Waals surface area contributed by atoms with Crippen LogP contribution in [0.5, 0.6) is 0 Å². The van der Waals surface area contributed by atoms with Crippen molar-refractivity contribution in [2.45, 2.75) is 16.1 Å². The maximum Gasteiger partial charge on any atom is 0.182 e. The number of benzene rings is 2. The van der Waals surface area contributed by atoms with Crippen molar-refractivity contribution in [3.8, 4) is 0 Å². The Morgan fingerprint density at radius 3 is 2.32 bits per heavy atom. The van der Waals surface area contributed by atoms with Gasteiger partial charge < -0.3 is 10.5 Å². The van der Waals surface area contributed by atoms with Crippen LogP contribution in [0.4, 0.5) is 0 Å². The number of methoxy groups -OCH3 is 1. The third kappa shape index (κ3) is 3.03. The van der Waals surface area contributed by atoms with Crippen molar-refractivity contribution in [1.29, 1.82) is 0 Å². The molecule has 2 aromatic carbocycles. The first-order valence-electron chi connectivity index (χ1n) is 7.69. The lowest BCUT2D eigenvalue weighted by molar-refractivity contribution is 0.166. The number of nitrogens with two attached hydrogens (primary N) is 1. The van der Waals surface area contributed by atoms with Crippen LogP contribution in [0.25, 0.3) is 0 Å². The molecule has 0 spiro atoms. The van der Waals surface area contributed by atoms with Gasteiger partial charge in [-0.15, -0.1) is 0 Å². The van der Waals surface area contributed by atoms with Crippen molar-refractivity contribution in [3.63, 3.8) is 0 Å². The van der Waals surface area contributed by atoms with Gasteiger partial charge in [0.05, 0.1) is 27.2 Å². The van der Waals surface area contributed by atoms with E-state index in [0.717, 1.165) is 10.0 Å². The van der Waals surface area contributed by atoms with E-state index in [1.54, 1.807) is 30.3 Å². The molecule has 25 heavy (non-hydrogen) atoms. The van der Waals surface area contributed by atoms with Crippen LogP contribution in [0, 0.1) is 5.41 Å². The second kappa shape index (κ2) is 6.79. The van der Waals surface area contributed by atoms with Crippen LogP contribution >= 0.6 is 28.1 Å². The smallest absolute Gasteiger partial charge is 0.182 e. The van der Waals surface area contributed by atoms with Gasteiger partial charge in [0.2, 0.25) is 0 Å². The molecule has 1 fully saturated rings. The molecule has 2 N–H and O–H groups in total. The monoisotopic (exact) mass is 439 g/mol. The summed E-state index contributed by atoms with van der Waals surface area (Å²) in [7, 11) is -2.08. The topological polar surface area (TPSA) is 69.4 Å². The summed E-state index contributed by atoms with van der Waals surface area (Å²) in [5.74, 6) is -0.330. The minimum Gasteiger partial charge on any atom is -0.393 e.